The van der Waals surface area contributed by atoms with Gasteiger partial charge in [0.1, 0.15) is 10.5 Å². The first-order valence-corrected chi connectivity index (χ1v) is 9.39. The van der Waals surface area contributed by atoms with E-state index in [0.717, 1.165) is 28.8 Å². The minimum Gasteiger partial charge on any atom is -0.493 e. The Bertz CT molecular complexity index is 865. The molecule has 1 aliphatic heterocycles. The van der Waals surface area contributed by atoms with E-state index in [1.165, 1.54) is 6.92 Å². The van der Waals surface area contributed by atoms with Crippen molar-refractivity contribution in [1.82, 2.24) is 10.3 Å². The summed E-state index contributed by atoms with van der Waals surface area (Å²) in [5, 5.41) is 2.03. The molecule has 3 rings (SSSR count). The molecule has 1 aromatic heterocycles. The highest BCUT2D eigenvalue weighted by molar-refractivity contribution is 8.16. The number of carbonyl (C=O) groups is 3. The molecule has 1 aromatic carbocycles. The summed E-state index contributed by atoms with van der Waals surface area (Å²) in [4.78, 5) is 38.8. The summed E-state index contributed by atoms with van der Waals surface area (Å²) in [5.74, 6) is 0.474. The second kappa shape index (κ2) is 7.92. The molecule has 0 aliphatic carbocycles. The molecule has 27 heavy (non-hydrogen) atoms. The summed E-state index contributed by atoms with van der Waals surface area (Å²) in [6.07, 6.45) is 2.69. The standard InChI is InChI=1S/C20H20N2O4S/c1-13(23)15-5-6-16(21-12-15)9-10-26-17-7-3-14(4-8-17)11-20(2)18(24)22-19(25)27-20/h3-8,12H,9-11H2,1-2H3,(H,22,24,25)/t20-/m0/s1. The van der Waals surface area contributed by atoms with Crippen molar-refractivity contribution in [2.24, 2.45) is 0 Å². The van der Waals surface area contributed by atoms with Crippen molar-refractivity contribution < 1.29 is 19.1 Å². The van der Waals surface area contributed by atoms with Gasteiger partial charge in [-0.1, -0.05) is 12.1 Å². The minimum atomic E-state index is -0.767. The van der Waals surface area contributed by atoms with Gasteiger partial charge in [0.25, 0.3) is 5.24 Å². The molecule has 0 unspecified atom stereocenters. The van der Waals surface area contributed by atoms with E-state index in [1.807, 2.05) is 30.3 Å². The summed E-state index contributed by atoms with van der Waals surface area (Å²) in [7, 11) is 0. The van der Waals surface area contributed by atoms with Gasteiger partial charge in [0.05, 0.1) is 6.61 Å². The number of pyridine rings is 1. The fourth-order valence-electron chi connectivity index (χ4n) is 2.76. The molecule has 6 nitrogen and oxygen atoms in total. The molecule has 7 heteroatoms. The topological polar surface area (TPSA) is 85.4 Å². The number of imide groups is 1. The number of amides is 2. The zero-order valence-electron chi connectivity index (χ0n) is 15.2. The van der Waals surface area contributed by atoms with Crippen LogP contribution in [-0.4, -0.2) is 33.3 Å². The number of rotatable bonds is 7. The lowest BCUT2D eigenvalue weighted by Gasteiger charge is -2.18. The molecule has 0 spiro atoms. The van der Waals surface area contributed by atoms with E-state index in [0.29, 0.717) is 25.0 Å². The van der Waals surface area contributed by atoms with Crippen LogP contribution in [0.4, 0.5) is 4.79 Å². The number of nitrogens with one attached hydrogen (secondary N) is 1. The number of carbonyl (C=O) groups excluding carboxylic acids is 3. The maximum atomic E-state index is 11.9. The molecular weight excluding hydrogens is 364 g/mol. The highest BCUT2D eigenvalue weighted by Crippen LogP contribution is 2.34. The molecule has 1 saturated heterocycles. The van der Waals surface area contributed by atoms with Gasteiger partial charge in [-0.25, -0.2) is 0 Å². The van der Waals surface area contributed by atoms with Crippen molar-refractivity contribution in [2.45, 2.75) is 31.4 Å². The number of nitrogens with zero attached hydrogens (tertiary/aromatic N) is 1. The first-order chi connectivity index (χ1) is 12.9. The zero-order valence-corrected chi connectivity index (χ0v) is 16.0. The van der Waals surface area contributed by atoms with Gasteiger partial charge < -0.3 is 4.74 Å². The molecule has 0 radical (unpaired) electrons. The monoisotopic (exact) mass is 384 g/mol. The molecule has 1 aliphatic rings. The first kappa shape index (κ1) is 19.1. The Balaban J connectivity index is 1.51. The number of benzene rings is 1. The van der Waals surface area contributed by atoms with Crippen LogP contribution in [0, 0.1) is 0 Å². The van der Waals surface area contributed by atoms with Crippen molar-refractivity contribution in [3.63, 3.8) is 0 Å². The number of thioether (sulfide) groups is 1. The maximum absolute atomic E-state index is 11.9. The summed E-state index contributed by atoms with van der Waals surface area (Å²) in [5.41, 5.74) is 2.42. The van der Waals surface area contributed by atoms with Crippen molar-refractivity contribution in [3.8, 4) is 5.75 Å². The number of hydrogen-bond donors (Lipinski definition) is 1. The number of ketones is 1. The van der Waals surface area contributed by atoms with E-state index in [9.17, 15) is 14.4 Å². The van der Waals surface area contributed by atoms with Crippen LogP contribution in [0.15, 0.2) is 42.6 Å². The lowest BCUT2D eigenvalue weighted by atomic mass is 9.99. The van der Waals surface area contributed by atoms with Crippen molar-refractivity contribution in [1.29, 1.82) is 0 Å². The van der Waals surface area contributed by atoms with Crippen LogP contribution in [0.1, 0.15) is 35.5 Å². The normalized spacial score (nSPS) is 19.0. The molecule has 1 atom stereocenters. The van der Waals surface area contributed by atoms with Gasteiger partial charge in [-0.3, -0.25) is 24.7 Å². The van der Waals surface area contributed by atoms with Crippen LogP contribution < -0.4 is 10.1 Å². The van der Waals surface area contributed by atoms with E-state index in [1.54, 1.807) is 19.2 Å². The SMILES string of the molecule is CC(=O)c1ccc(CCOc2ccc(C[C@]3(C)SC(=O)NC3=O)cc2)nc1. The minimum absolute atomic E-state index is 0.00269. The second-order valence-corrected chi connectivity index (χ2v) is 8.06. The molecule has 2 heterocycles. The van der Waals surface area contributed by atoms with Gasteiger partial charge in [-0.05, 0) is 61.9 Å². The number of Topliss-reactive ketones (excluding diaryl/α,β-unsaturated/α-hetero) is 1. The van der Waals surface area contributed by atoms with E-state index < -0.39 is 4.75 Å². The Morgan fingerprint density at radius 1 is 1.19 bits per heavy atom. The average Bonchev–Trinajstić information content (AvgIpc) is 2.88. The fraction of sp³-hybridized carbons (Fsp3) is 0.300. The Morgan fingerprint density at radius 2 is 1.93 bits per heavy atom. The molecular formula is C20H20N2O4S. The quantitative estimate of drug-likeness (QED) is 0.738. The Kier molecular flexibility index (Phi) is 5.60. The van der Waals surface area contributed by atoms with Gasteiger partial charge in [-0.2, -0.15) is 0 Å². The number of aromatic nitrogens is 1. The van der Waals surface area contributed by atoms with E-state index in [-0.39, 0.29) is 16.9 Å². The maximum Gasteiger partial charge on any atom is 0.286 e. The predicted molar refractivity (Wildman–Crippen MR) is 103 cm³/mol. The Labute approximate surface area is 161 Å². The van der Waals surface area contributed by atoms with Crippen LogP contribution >= 0.6 is 11.8 Å². The van der Waals surface area contributed by atoms with E-state index in [2.05, 4.69) is 10.3 Å². The molecule has 2 amide bonds. The lowest BCUT2D eigenvalue weighted by molar-refractivity contribution is -0.121. The van der Waals surface area contributed by atoms with Crippen molar-refractivity contribution in [2.75, 3.05) is 6.61 Å². The summed E-state index contributed by atoms with van der Waals surface area (Å²) >= 11 is 1.03. The molecule has 1 fully saturated rings. The summed E-state index contributed by atoms with van der Waals surface area (Å²) in [6, 6.07) is 11.1. The third-order valence-electron chi connectivity index (χ3n) is 4.34. The third kappa shape index (κ3) is 4.74. The molecule has 0 bridgehead atoms. The zero-order chi connectivity index (χ0) is 19.4. The van der Waals surface area contributed by atoms with E-state index >= 15 is 0 Å². The number of hydrogen-bond acceptors (Lipinski definition) is 6. The third-order valence-corrected chi connectivity index (χ3v) is 5.40. The molecule has 1 N–H and O–H groups in total. The number of ether oxygens (including phenoxy) is 1. The van der Waals surface area contributed by atoms with Gasteiger partial charge in [0.2, 0.25) is 5.91 Å². The lowest BCUT2D eigenvalue weighted by Crippen LogP contribution is -2.35. The first-order valence-electron chi connectivity index (χ1n) is 8.58. The molecule has 140 valence electrons. The highest BCUT2D eigenvalue weighted by Gasteiger charge is 2.43. The van der Waals surface area contributed by atoms with Crippen molar-refractivity contribution >= 4 is 28.7 Å². The summed E-state index contributed by atoms with van der Waals surface area (Å²) in [6.45, 7) is 3.75. The van der Waals surface area contributed by atoms with Crippen LogP contribution in [-0.2, 0) is 17.6 Å². The summed E-state index contributed by atoms with van der Waals surface area (Å²) < 4.78 is 4.96. The van der Waals surface area contributed by atoms with Crippen LogP contribution in [0.25, 0.3) is 0 Å². The van der Waals surface area contributed by atoms with Gasteiger partial charge in [0.15, 0.2) is 5.78 Å². The average molecular weight is 384 g/mol. The van der Waals surface area contributed by atoms with Gasteiger partial charge in [0, 0.05) is 23.9 Å². The molecule has 2 aromatic rings. The van der Waals surface area contributed by atoms with Crippen LogP contribution in [0.2, 0.25) is 0 Å². The van der Waals surface area contributed by atoms with Gasteiger partial charge >= 0.3 is 0 Å². The van der Waals surface area contributed by atoms with Crippen molar-refractivity contribution in [3.05, 3.63) is 59.4 Å². The van der Waals surface area contributed by atoms with Gasteiger partial charge in [-0.15, -0.1) is 0 Å². The fourth-order valence-corrected chi connectivity index (χ4v) is 3.70. The second-order valence-electron chi connectivity index (χ2n) is 6.59. The Morgan fingerprint density at radius 3 is 2.48 bits per heavy atom. The molecule has 0 saturated carbocycles. The van der Waals surface area contributed by atoms with Crippen LogP contribution in [0.3, 0.4) is 0 Å². The predicted octanol–water partition coefficient (Wildman–Crippen LogP) is 3.19. The highest BCUT2D eigenvalue weighted by atomic mass is 32.2. The smallest absolute Gasteiger partial charge is 0.286 e. The largest absolute Gasteiger partial charge is 0.493 e. The van der Waals surface area contributed by atoms with E-state index in [4.69, 9.17) is 4.74 Å². The van der Waals surface area contributed by atoms with Crippen LogP contribution in [0.5, 0.6) is 5.75 Å². The Hall–Kier alpha value is -2.67.